The predicted molar refractivity (Wildman–Crippen MR) is 53.7 cm³/mol. The monoisotopic (exact) mass is 201 g/mol. The van der Waals surface area contributed by atoms with Gasteiger partial charge in [-0.3, -0.25) is 9.59 Å². The number of rotatable bonds is 5. The summed E-state index contributed by atoms with van der Waals surface area (Å²) in [5.74, 6) is -0.370. The van der Waals surface area contributed by atoms with Crippen molar-refractivity contribution in [3.05, 3.63) is 0 Å². The van der Waals surface area contributed by atoms with Gasteiger partial charge in [0.2, 0.25) is 5.91 Å². The first kappa shape index (κ1) is 12.9. The average molecular weight is 201 g/mol. The highest BCUT2D eigenvalue weighted by molar-refractivity contribution is 5.79. The molecule has 82 valence electrons. The van der Waals surface area contributed by atoms with Crippen LogP contribution in [0, 0.1) is 5.92 Å². The van der Waals surface area contributed by atoms with E-state index in [1.54, 1.807) is 13.8 Å². The smallest absolute Gasteiger partial charge is 0.307 e. The van der Waals surface area contributed by atoms with Gasteiger partial charge < -0.3 is 10.1 Å². The second kappa shape index (κ2) is 6.40. The van der Waals surface area contributed by atoms with Crippen LogP contribution in [0.3, 0.4) is 0 Å². The Morgan fingerprint density at radius 2 is 1.86 bits per heavy atom. The molecule has 14 heavy (non-hydrogen) atoms. The standard InChI is InChI=1S/C10H19NO3/c1-5-14-9(12)6-8(4)11-10(13)7(2)3/h7-8H,5-6H2,1-4H3,(H,11,13). The van der Waals surface area contributed by atoms with Crippen molar-refractivity contribution in [2.45, 2.75) is 40.2 Å². The molecule has 0 aliphatic carbocycles. The minimum Gasteiger partial charge on any atom is -0.466 e. The summed E-state index contributed by atoms with van der Waals surface area (Å²) in [6, 6.07) is -0.163. The first-order chi connectivity index (χ1) is 6.47. The van der Waals surface area contributed by atoms with Gasteiger partial charge in [0.25, 0.3) is 0 Å². The molecule has 0 aromatic heterocycles. The lowest BCUT2D eigenvalue weighted by Gasteiger charge is -2.14. The molecule has 0 saturated heterocycles. The van der Waals surface area contributed by atoms with Crippen LogP contribution in [0.5, 0.6) is 0 Å². The Bertz CT molecular complexity index is 202. The molecule has 0 saturated carbocycles. The van der Waals surface area contributed by atoms with Crippen molar-refractivity contribution in [2.24, 2.45) is 5.92 Å². The Labute approximate surface area is 85.0 Å². The zero-order valence-corrected chi connectivity index (χ0v) is 9.29. The molecule has 0 radical (unpaired) electrons. The maximum Gasteiger partial charge on any atom is 0.307 e. The second-order valence-corrected chi connectivity index (χ2v) is 3.57. The van der Waals surface area contributed by atoms with E-state index < -0.39 is 0 Å². The Hall–Kier alpha value is -1.06. The van der Waals surface area contributed by atoms with E-state index in [1.807, 2.05) is 13.8 Å². The lowest BCUT2D eigenvalue weighted by molar-refractivity contribution is -0.143. The Morgan fingerprint density at radius 3 is 2.29 bits per heavy atom. The summed E-state index contributed by atoms with van der Waals surface area (Å²) in [5, 5.41) is 2.73. The van der Waals surface area contributed by atoms with Gasteiger partial charge in [-0.05, 0) is 13.8 Å². The van der Waals surface area contributed by atoms with Crippen molar-refractivity contribution in [1.82, 2.24) is 5.32 Å². The van der Waals surface area contributed by atoms with E-state index in [4.69, 9.17) is 4.74 Å². The van der Waals surface area contributed by atoms with Gasteiger partial charge in [0.05, 0.1) is 13.0 Å². The molecular formula is C10H19NO3. The van der Waals surface area contributed by atoms with E-state index >= 15 is 0 Å². The molecule has 0 heterocycles. The summed E-state index contributed by atoms with van der Waals surface area (Å²) >= 11 is 0. The van der Waals surface area contributed by atoms with Crippen LogP contribution in [0.2, 0.25) is 0 Å². The fraction of sp³-hybridized carbons (Fsp3) is 0.800. The van der Waals surface area contributed by atoms with E-state index in [0.717, 1.165) is 0 Å². The third kappa shape index (κ3) is 5.56. The molecule has 1 unspecified atom stereocenters. The van der Waals surface area contributed by atoms with Crippen molar-refractivity contribution in [3.63, 3.8) is 0 Å². The molecule has 0 bridgehead atoms. The Kier molecular flexibility index (Phi) is 5.92. The molecule has 1 atom stereocenters. The second-order valence-electron chi connectivity index (χ2n) is 3.57. The van der Waals surface area contributed by atoms with Crippen molar-refractivity contribution in [2.75, 3.05) is 6.61 Å². The van der Waals surface area contributed by atoms with Gasteiger partial charge in [0, 0.05) is 12.0 Å². The molecule has 0 aromatic rings. The van der Waals surface area contributed by atoms with E-state index in [1.165, 1.54) is 0 Å². The molecule has 4 nitrogen and oxygen atoms in total. The molecule has 0 aliphatic rings. The Morgan fingerprint density at radius 1 is 1.29 bits per heavy atom. The molecule has 0 fully saturated rings. The van der Waals surface area contributed by atoms with Crippen molar-refractivity contribution >= 4 is 11.9 Å². The fourth-order valence-electron chi connectivity index (χ4n) is 0.930. The lowest BCUT2D eigenvalue weighted by Crippen LogP contribution is -2.37. The van der Waals surface area contributed by atoms with Gasteiger partial charge in [-0.1, -0.05) is 13.8 Å². The predicted octanol–water partition coefficient (Wildman–Crippen LogP) is 1.10. The molecule has 0 aliphatic heterocycles. The largest absolute Gasteiger partial charge is 0.466 e. The van der Waals surface area contributed by atoms with Gasteiger partial charge in [-0.25, -0.2) is 0 Å². The number of hydrogen-bond donors (Lipinski definition) is 1. The van der Waals surface area contributed by atoms with Crippen LogP contribution in [0.15, 0.2) is 0 Å². The summed E-state index contributed by atoms with van der Waals surface area (Å²) in [5.41, 5.74) is 0. The lowest BCUT2D eigenvalue weighted by atomic mass is 10.1. The normalized spacial score (nSPS) is 12.4. The number of esters is 1. The van der Waals surface area contributed by atoms with Crippen LogP contribution in [-0.2, 0) is 14.3 Å². The first-order valence-electron chi connectivity index (χ1n) is 4.93. The molecule has 0 spiro atoms. The molecule has 1 N–H and O–H groups in total. The van der Waals surface area contributed by atoms with Crippen molar-refractivity contribution in [1.29, 1.82) is 0 Å². The molecular weight excluding hydrogens is 182 g/mol. The van der Waals surface area contributed by atoms with Crippen LogP contribution in [0.4, 0.5) is 0 Å². The zero-order chi connectivity index (χ0) is 11.1. The molecule has 4 heteroatoms. The molecule has 1 amide bonds. The SMILES string of the molecule is CCOC(=O)CC(C)NC(=O)C(C)C. The van der Waals surface area contributed by atoms with Crippen LogP contribution < -0.4 is 5.32 Å². The fourth-order valence-corrected chi connectivity index (χ4v) is 0.930. The highest BCUT2D eigenvalue weighted by Gasteiger charge is 2.14. The first-order valence-corrected chi connectivity index (χ1v) is 4.93. The summed E-state index contributed by atoms with van der Waals surface area (Å²) in [7, 11) is 0. The number of carbonyl (C=O) groups is 2. The zero-order valence-electron chi connectivity index (χ0n) is 9.29. The minimum atomic E-state index is -0.274. The van der Waals surface area contributed by atoms with Gasteiger partial charge in [0.1, 0.15) is 0 Å². The van der Waals surface area contributed by atoms with Crippen molar-refractivity contribution in [3.8, 4) is 0 Å². The van der Waals surface area contributed by atoms with E-state index in [0.29, 0.717) is 6.61 Å². The number of amides is 1. The quantitative estimate of drug-likeness (QED) is 0.678. The summed E-state index contributed by atoms with van der Waals surface area (Å²) in [6.07, 6.45) is 0.228. The van der Waals surface area contributed by atoms with E-state index in [-0.39, 0.29) is 30.3 Å². The van der Waals surface area contributed by atoms with Crippen LogP contribution >= 0.6 is 0 Å². The minimum absolute atomic E-state index is 0.0400. The Balaban J connectivity index is 3.80. The molecule has 0 rings (SSSR count). The van der Waals surface area contributed by atoms with Crippen molar-refractivity contribution < 1.29 is 14.3 Å². The number of hydrogen-bond acceptors (Lipinski definition) is 3. The summed E-state index contributed by atoms with van der Waals surface area (Å²) in [6.45, 7) is 7.55. The van der Waals surface area contributed by atoms with Gasteiger partial charge in [-0.15, -0.1) is 0 Å². The maximum atomic E-state index is 11.2. The molecule has 0 aromatic carbocycles. The van der Waals surface area contributed by atoms with Crippen LogP contribution in [0.1, 0.15) is 34.1 Å². The van der Waals surface area contributed by atoms with Crippen LogP contribution in [0.25, 0.3) is 0 Å². The number of ether oxygens (including phenoxy) is 1. The number of carbonyl (C=O) groups excluding carboxylic acids is 2. The maximum absolute atomic E-state index is 11.2. The van der Waals surface area contributed by atoms with Gasteiger partial charge >= 0.3 is 5.97 Å². The van der Waals surface area contributed by atoms with Gasteiger partial charge in [0.15, 0.2) is 0 Å². The number of nitrogens with one attached hydrogen (secondary N) is 1. The third-order valence-corrected chi connectivity index (χ3v) is 1.69. The highest BCUT2D eigenvalue weighted by Crippen LogP contribution is 1.97. The van der Waals surface area contributed by atoms with Gasteiger partial charge in [-0.2, -0.15) is 0 Å². The van der Waals surface area contributed by atoms with E-state index in [2.05, 4.69) is 5.32 Å². The average Bonchev–Trinajstić information content (AvgIpc) is 2.03. The summed E-state index contributed by atoms with van der Waals surface area (Å²) in [4.78, 5) is 22.3. The highest BCUT2D eigenvalue weighted by atomic mass is 16.5. The van der Waals surface area contributed by atoms with Crippen LogP contribution in [-0.4, -0.2) is 24.5 Å². The topological polar surface area (TPSA) is 55.4 Å². The third-order valence-electron chi connectivity index (χ3n) is 1.69. The summed E-state index contributed by atoms with van der Waals surface area (Å²) < 4.78 is 4.76. The van der Waals surface area contributed by atoms with E-state index in [9.17, 15) is 9.59 Å².